The molecule has 3 heteroatoms. The third-order valence-corrected chi connectivity index (χ3v) is 4.85. The summed E-state index contributed by atoms with van der Waals surface area (Å²) in [6.45, 7) is 2.21. The van der Waals surface area contributed by atoms with E-state index < -0.39 is 0 Å². The Morgan fingerprint density at radius 3 is 2.04 bits per heavy atom. The first kappa shape index (κ1) is 21.2. The maximum atomic E-state index is 11.0. The van der Waals surface area contributed by atoms with Crippen LogP contribution in [0.1, 0.15) is 96.8 Å². The summed E-state index contributed by atoms with van der Waals surface area (Å²) in [4.78, 5) is 11.0. The minimum atomic E-state index is -0.0761. The molecule has 2 atom stereocenters. The van der Waals surface area contributed by atoms with Crippen LogP contribution < -0.4 is 0 Å². The Morgan fingerprint density at radius 2 is 1.46 bits per heavy atom. The molecule has 0 N–H and O–H groups in total. The molecular formula is C21H38O3. The Labute approximate surface area is 149 Å². The molecule has 0 unspecified atom stereocenters. The second-order valence-corrected chi connectivity index (χ2v) is 6.97. The van der Waals surface area contributed by atoms with Gasteiger partial charge in [0.15, 0.2) is 0 Å². The Balaban J connectivity index is 1.71. The fourth-order valence-electron chi connectivity index (χ4n) is 3.15. The van der Waals surface area contributed by atoms with Crippen LogP contribution >= 0.6 is 0 Å². The lowest BCUT2D eigenvalue weighted by atomic mass is 10.1. The number of ether oxygens (including phenoxy) is 2. The maximum Gasteiger partial charge on any atom is 0.305 e. The predicted molar refractivity (Wildman–Crippen MR) is 100 cm³/mol. The molecule has 140 valence electrons. The van der Waals surface area contributed by atoms with E-state index in [1.54, 1.807) is 0 Å². The zero-order chi connectivity index (χ0) is 17.5. The minimum Gasteiger partial charge on any atom is -0.469 e. The number of unbranched alkanes of at least 4 members (excludes halogenated alkanes) is 9. The molecule has 1 aliphatic rings. The van der Waals surface area contributed by atoms with E-state index in [0.717, 1.165) is 12.8 Å². The molecule has 0 saturated carbocycles. The topological polar surface area (TPSA) is 38.8 Å². The first-order valence-corrected chi connectivity index (χ1v) is 10.1. The second-order valence-electron chi connectivity index (χ2n) is 6.97. The summed E-state index contributed by atoms with van der Waals surface area (Å²) in [6, 6.07) is 0. The third kappa shape index (κ3) is 11.7. The standard InChI is InChI=1S/C21H38O3/c1-3-19-20(24-19)17-15-13-11-9-7-5-4-6-8-10-12-14-16-18-21(22)23-2/h7,9,19-20H,3-6,8,10-18H2,1-2H3/b9-7-/t19-,20+/m1/s1. The van der Waals surface area contributed by atoms with Crippen molar-refractivity contribution >= 4 is 5.97 Å². The summed E-state index contributed by atoms with van der Waals surface area (Å²) in [7, 11) is 1.46. The van der Waals surface area contributed by atoms with Crippen LogP contribution in [-0.4, -0.2) is 25.3 Å². The molecule has 0 radical (unpaired) electrons. The van der Waals surface area contributed by atoms with Gasteiger partial charge in [-0.05, 0) is 44.9 Å². The molecule has 1 heterocycles. The largest absolute Gasteiger partial charge is 0.469 e. The SMILES string of the molecule is CC[C@H]1O[C@H]1CCCC/C=C\CCCCCCCCCC(=O)OC. The highest BCUT2D eigenvalue weighted by Crippen LogP contribution is 2.29. The van der Waals surface area contributed by atoms with Crippen LogP contribution in [0.3, 0.4) is 0 Å². The predicted octanol–water partition coefficient (Wildman–Crippen LogP) is 5.96. The first-order chi connectivity index (χ1) is 11.8. The van der Waals surface area contributed by atoms with E-state index in [0.29, 0.717) is 18.6 Å². The lowest BCUT2D eigenvalue weighted by Crippen LogP contribution is -1.99. The average molecular weight is 339 g/mol. The summed E-state index contributed by atoms with van der Waals surface area (Å²) < 4.78 is 10.2. The van der Waals surface area contributed by atoms with Gasteiger partial charge in [-0.25, -0.2) is 0 Å². The smallest absolute Gasteiger partial charge is 0.305 e. The molecule has 24 heavy (non-hydrogen) atoms. The molecule has 3 nitrogen and oxygen atoms in total. The summed E-state index contributed by atoms with van der Waals surface area (Å²) in [5.41, 5.74) is 0. The normalized spacial score (nSPS) is 19.8. The highest BCUT2D eigenvalue weighted by atomic mass is 16.6. The summed E-state index contributed by atoms with van der Waals surface area (Å²) in [6.07, 6.45) is 22.6. The van der Waals surface area contributed by atoms with Gasteiger partial charge in [-0.3, -0.25) is 4.79 Å². The number of epoxide rings is 1. The van der Waals surface area contributed by atoms with Crippen LogP contribution in [0.15, 0.2) is 12.2 Å². The maximum absolute atomic E-state index is 11.0. The Morgan fingerprint density at radius 1 is 0.875 bits per heavy atom. The van der Waals surface area contributed by atoms with Gasteiger partial charge in [-0.15, -0.1) is 0 Å². The van der Waals surface area contributed by atoms with Crippen LogP contribution in [0.4, 0.5) is 0 Å². The number of esters is 1. The van der Waals surface area contributed by atoms with Crippen molar-refractivity contribution in [1.29, 1.82) is 0 Å². The van der Waals surface area contributed by atoms with Gasteiger partial charge in [-0.2, -0.15) is 0 Å². The molecule has 1 fully saturated rings. The molecule has 1 rings (SSSR count). The number of hydrogen-bond acceptors (Lipinski definition) is 3. The van der Waals surface area contributed by atoms with Gasteiger partial charge >= 0.3 is 5.97 Å². The van der Waals surface area contributed by atoms with Crippen LogP contribution in [0.5, 0.6) is 0 Å². The lowest BCUT2D eigenvalue weighted by Gasteiger charge is -2.01. The van der Waals surface area contributed by atoms with Gasteiger partial charge in [0.1, 0.15) is 0 Å². The molecule has 0 aromatic carbocycles. The molecule has 1 aliphatic heterocycles. The fraction of sp³-hybridized carbons (Fsp3) is 0.857. The fourth-order valence-corrected chi connectivity index (χ4v) is 3.15. The van der Waals surface area contributed by atoms with E-state index in [-0.39, 0.29) is 5.97 Å². The highest BCUT2D eigenvalue weighted by Gasteiger charge is 2.35. The first-order valence-electron chi connectivity index (χ1n) is 10.1. The van der Waals surface area contributed by atoms with Crippen molar-refractivity contribution < 1.29 is 14.3 Å². The van der Waals surface area contributed by atoms with Gasteiger partial charge in [0, 0.05) is 6.42 Å². The van der Waals surface area contributed by atoms with Crippen molar-refractivity contribution in [1.82, 2.24) is 0 Å². The molecule has 0 spiro atoms. The van der Waals surface area contributed by atoms with Crippen LogP contribution in [0, 0.1) is 0 Å². The van der Waals surface area contributed by atoms with Gasteiger partial charge in [0.2, 0.25) is 0 Å². The number of carbonyl (C=O) groups excluding carboxylic acids is 1. The van der Waals surface area contributed by atoms with Crippen molar-refractivity contribution in [3.8, 4) is 0 Å². The average Bonchev–Trinajstić information content (AvgIpc) is 3.36. The molecule has 0 amide bonds. The van der Waals surface area contributed by atoms with E-state index in [2.05, 4.69) is 23.8 Å². The van der Waals surface area contributed by atoms with E-state index in [9.17, 15) is 4.79 Å². The van der Waals surface area contributed by atoms with Crippen molar-refractivity contribution in [2.24, 2.45) is 0 Å². The minimum absolute atomic E-state index is 0.0761. The quantitative estimate of drug-likeness (QED) is 0.151. The van der Waals surface area contributed by atoms with Crippen molar-refractivity contribution in [3.05, 3.63) is 12.2 Å². The van der Waals surface area contributed by atoms with Crippen molar-refractivity contribution in [2.75, 3.05) is 7.11 Å². The van der Waals surface area contributed by atoms with E-state index >= 15 is 0 Å². The molecule has 0 aliphatic carbocycles. The van der Waals surface area contributed by atoms with Gasteiger partial charge in [0.05, 0.1) is 19.3 Å². The number of rotatable bonds is 16. The lowest BCUT2D eigenvalue weighted by molar-refractivity contribution is -0.140. The molecule has 0 bridgehead atoms. The summed E-state index contributed by atoms with van der Waals surface area (Å²) in [5.74, 6) is -0.0761. The van der Waals surface area contributed by atoms with Crippen LogP contribution in [0.25, 0.3) is 0 Å². The van der Waals surface area contributed by atoms with Crippen LogP contribution in [0.2, 0.25) is 0 Å². The Bertz CT molecular complexity index is 338. The van der Waals surface area contributed by atoms with Crippen LogP contribution in [-0.2, 0) is 14.3 Å². The van der Waals surface area contributed by atoms with E-state index in [1.165, 1.54) is 77.7 Å². The Hall–Kier alpha value is -0.830. The molecule has 0 aromatic rings. The number of carbonyl (C=O) groups is 1. The van der Waals surface area contributed by atoms with Crippen molar-refractivity contribution in [3.63, 3.8) is 0 Å². The van der Waals surface area contributed by atoms with Gasteiger partial charge < -0.3 is 9.47 Å². The molecule has 1 saturated heterocycles. The zero-order valence-corrected chi connectivity index (χ0v) is 15.9. The summed E-state index contributed by atoms with van der Waals surface area (Å²) >= 11 is 0. The second kappa shape index (κ2) is 14.5. The zero-order valence-electron chi connectivity index (χ0n) is 15.9. The Kier molecular flexibility index (Phi) is 12.8. The molecule has 0 aromatic heterocycles. The van der Waals surface area contributed by atoms with Gasteiger partial charge in [0.25, 0.3) is 0 Å². The number of methoxy groups -OCH3 is 1. The van der Waals surface area contributed by atoms with E-state index in [4.69, 9.17) is 4.74 Å². The molecular weight excluding hydrogens is 300 g/mol. The number of hydrogen-bond donors (Lipinski definition) is 0. The number of allylic oxidation sites excluding steroid dienone is 2. The highest BCUT2D eigenvalue weighted by molar-refractivity contribution is 5.68. The monoisotopic (exact) mass is 338 g/mol. The third-order valence-electron chi connectivity index (χ3n) is 4.85. The van der Waals surface area contributed by atoms with E-state index in [1.807, 2.05) is 0 Å². The van der Waals surface area contributed by atoms with Gasteiger partial charge in [-0.1, -0.05) is 57.6 Å². The summed E-state index contributed by atoms with van der Waals surface area (Å²) in [5, 5.41) is 0. The van der Waals surface area contributed by atoms with Crippen molar-refractivity contribution in [2.45, 2.75) is 109 Å².